The van der Waals surface area contributed by atoms with Gasteiger partial charge in [0.05, 0.1) is 31.4 Å². The third-order valence-corrected chi connectivity index (χ3v) is 3.33. The van der Waals surface area contributed by atoms with Crippen molar-refractivity contribution in [3.8, 4) is 0 Å². The Morgan fingerprint density at radius 1 is 1.48 bits per heavy atom. The summed E-state index contributed by atoms with van der Waals surface area (Å²) in [6, 6.07) is 4.09. The molecule has 1 saturated heterocycles. The first kappa shape index (κ1) is 15.7. The van der Waals surface area contributed by atoms with Gasteiger partial charge in [0, 0.05) is 12.3 Å². The number of halogens is 1. The van der Waals surface area contributed by atoms with Gasteiger partial charge in [-0.25, -0.2) is 4.39 Å². The van der Waals surface area contributed by atoms with E-state index in [-0.39, 0.29) is 24.1 Å². The summed E-state index contributed by atoms with van der Waals surface area (Å²) in [4.78, 5) is 11.7. The van der Waals surface area contributed by atoms with E-state index in [0.717, 1.165) is 19.4 Å². The lowest BCUT2D eigenvalue weighted by molar-refractivity contribution is -0.117. The molecule has 1 amide bonds. The molecule has 1 fully saturated rings. The molecule has 0 bridgehead atoms. The lowest BCUT2D eigenvalue weighted by Crippen LogP contribution is -2.25. The summed E-state index contributed by atoms with van der Waals surface area (Å²) >= 11 is 0. The first-order valence-electron chi connectivity index (χ1n) is 7.19. The molecule has 1 aliphatic heterocycles. The van der Waals surface area contributed by atoms with Crippen LogP contribution in [0.15, 0.2) is 18.2 Å². The molecule has 1 heterocycles. The monoisotopic (exact) mass is 296 g/mol. The molecule has 0 aliphatic carbocycles. The van der Waals surface area contributed by atoms with E-state index in [2.05, 4.69) is 5.32 Å². The van der Waals surface area contributed by atoms with Crippen LogP contribution in [0.4, 0.5) is 15.8 Å². The predicted molar refractivity (Wildman–Crippen MR) is 78.5 cm³/mol. The predicted octanol–water partition coefficient (Wildman–Crippen LogP) is 2.32. The molecule has 1 unspecified atom stereocenters. The first-order chi connectivity index (χ1) is 10.1. The number of hydrogen-bond acceptors (Lipinski definition) is 4. The highest BCUT2D eigenvalue weighted by Crippen LogP contribution is 2.16. The van der Waals surface area contributed by atoms with Gasteiger partial charge in [0.15, 0.2) is 0 Å². The van der Waals surface area contributed by atoms with Crippen LogP contribution in [0, 0.1) is 5.82 Å². The van der Waals surface area contributed by atoms with E-state index in [4.69, 9.17) is 15.2 Å². The van der Waals surface area contributed by atoms with Gasteiger partial charge in [-0.05, 0) is 37.5 Å². The highest BCUT2D eigenvalue weighted by atomic mass is 19.1. The zero-order valence-electron chi connectivity index (χ0n) is 11.9. The van der Waals surface area contributed by atoms with Gasteiger partial charge in [0.1, 0.15) is 5.82 Å². The molecule has 6 heteroatoms. The summed E-state index contributed by atoms with van der Waals surface area (Å²) in [5, 5.41) is 2.65. The number of carbonyl (C=O) groups excluding carboxylic acids is 1. The molecule has 5 nitrogen and oxygen atoms in total. The molecule has 21 heavy (non-hydrogen) atoms. The number of benzene rings is 1. The Kier molecular flexibility index (Phi) is 5.95. The highest BCUT2D eigenvalue weighted by molar-refractivity contribution is 5.91. The number of ether oxygens (including phenoxy) is 2. The summed E-state index contributed by atoms with van der Waals surface area (Å²) in [5.74, 6) is -0.686. The van der Waals surface area contributed by atoms with Crippen LogP contribution in [0.2, 0.25) is 0 Å². The molecule has 1 atom stereocenters. The Balaban J connectivity index is 1.63. The molecule has 1 aromatic rings. The topological polar surface area (TPSA) is 73.6 Å². The molecule has 2 rings (SSSR count). The molecule has 3 N–H and O–H groups in total. The summed E-state index contributed by atoms with van der Waals surface area (Å²) in [5.41, 5.74) is 5.93. The molecule has 0 spiro atoms. The maximum Gasteiger partial charge on any atom is 0.226 e. The van der Waals surface area contributed by atoms with Gasteiger partial charge in [0.2, 0.25) is 5.91 Å². The van der Waals surface area contributed by atoms with Crippen LogP contribution in [0.3, 0.4) is 0 Å². The molecular weight excluding hydrogens is 275 g/mol. The van der Waals surface area contributed by atoms with Gasteiger partial charge in [-0.15, -0.1) is 0 Å². The van der Waals surface area contributed by atoms with Crippen LogP contribution in [-0.2, 0) is 14.3 Å². The Bertz CT molecular complexity index is 476. The van der Waals surface area contributed by atoms with Crippen molar-refractivity contribution < 1.29 is 18.7 Å². The van der Waals surface area contributed by atoms with Gasteiger partial charge >= 0.3 is 0 Å². The zero-order valence-corrected chi connectivity index (χ0v) is 11.9. The van der Waals surface area contributed by atoms with Gasteiger partial charge in [-0.1, -0.05) is 0 Å². The lowest BCUT2D eigenvalue weighted by atomic mass is 10.1. The number of hydrogen-bond donors (Lipinski definition) is 2. The van der Waals surface area contributed by atoms with Crippen molar-refractivity contribution in [1.82, 2.24) is 0 Å². The number of nitrogens with one attached hydrogen (secondary N) is 1. The third kappa shape index (κ3) is 5.32. The maximum absolute atomic E-state index is 13.0. The third-order valence-electron chi connectivity index (χ3n) is 3.33. The second-order valence-electron chi connectivity index (χ2n) is 5.10. The smallest absolute Gasteiger partial charge is 0.226 e. The average molecular weight is 296 g/mol. The van der Waals surface area contributed by atoms with Crippen molar-refractivity contribution in [2.45, 2.75) is 31.8 Å². The second kappa shape index (κ2) is 7.95. The Morgan fingerprint density at radius 2 is 2.33 bits per heavy atom. The number of nitrogen functional groups attached to an aromatic ring is 1. The molecule has 1 aromatic carbocycles. The minimum absolute atomic E-state index is 0.0125. The number of rotatable bonds is 6. The van der Waals surface area contributed by atoms with Crippen molar-refractivity contribution in [3.05, 3.63) is 24.0 Å². The fraction of sp³-hybridized carbons (Fsp3) is 0.533. The average Bonchev–Trinajstić information content (AvgIpc) is 2.49. The molecule has 0 saturated carbocycles. The lowest BCUT2D eigenvalue weighted by Gasteiger charge is -2.22. The molecular formula is C15H21FN2O3. The van der Waals surface area contributed by atoms with Crippen LogP contribution < -0.4 is 11.1 Å². The van der Waals surface area contributed by atoms with Crippen LogP contribution in [0.1, 0.15) is 25.7 Å². The number of anilines is 2. The van der Waals surface area contributed by atoms with E-state index < -0.39 is 5.82 Å². The van der Waals surface area contributed by atoms with E-state index in [9.17, 15) is 9.18 Å². The van der Waals surface area contributed by atoms with Gasteiger partial charge < -0.3 is 20.5 Å². The maximum atomic E-state index is 13.0. The van der Waals surface area contributed by atoms with Crippen molar-refractivity contribution >= 4 is 17.3 Å². The van der Waals surface area contributed by atoms with Crippen LogP contribution in [0.25, 0.3) is 0 Å². The van der Waals surface area contributed by atoms with E-state index >= 15 is 0 Å². The standard InChI is InChI=1S/C15H21FN2O3/c16-13-5-4-11(9-14(13)17)18-15(19)6-8-20-10-12-3-1-2-7-21-12/h4-5,9,12H,1-3,6-8,10,17H2,(H,18,19). The fourth-order valence-electron chi connectivity index (χ4n) is 2.16. The van der Waals surface area contributed by atoms with Crippen molar-refractivity contribution in [3.63, 3.8) is 0 Å². The van der Waals surface area contributed by atoms with Crippen LogP contribution >= 0.6 is 0 Å². The number of amides is 1. The fourth-order valence-corrected chi connectivity index (χ4v) is 2.16. The van der Waals surface area contributed by atoms with Crippen molar-refractivity contribution in [2.75, 3.05) is 30.9 Å². The van der Waals surface area contributed by atoms with Gasteiger partial charge in [-0.2, -0.15) is 0 Å². The van der Waals surface area contributed by atoms with E-state index in [0.29, 0.717) is 18.9 Å². The van der Waals surface area contributed by atoms with Crippen LogP contribution in [0.5, 0.6) is 0 Å². The van der Waals surface area contributed by atoms with Gasteiger partial charge in [-0.3, -0.25) is 4.79 Å². The molecule has 0 radical (unpaired) electrons. The second-order valence-corrected chi connectivity index (χ2v) is 5.10. The van der Waals surface area contributed by atoms with Gasteiger partial charge in [0.25, 0.3) is 0 Å². The summed E-state index contributed by atoms with van der Waals surface area (Å²) in [7, 11) is 0. The van der Waals surface area contributed by atoms with Crippen molar-refractivity contribution in [2.24, 2.45) is 0 Å². The summed E-state index contributed by atoms with van der Waals surface area (Å²) < 4.78 is 24.0. The highest BCUT2D eigenvalue weighted by Gasteiger charge is 2.13. The quantitative estimate of drug-likeness (QED) is 0.624. The largest absolute Gasteiger partial charge is 0.396 e. The van der Waals surface area contributed by atoms with E-state index in [1.54, 1.807) is 0 Å². The molecule has 116 valence electrons. The van der Waals surface area contributed by atoms with E-state index in [1.165, 1.54) is 24.6 Å². The minimum Gasteiger partial charge on any atom is -0.396 e. The summed E-state index contributed by atoms with van der Waals surface area (Å²) in [6.45, 7) is 1.65. The van der Waals surface area contributed by atoms with Crippen molar-refractivity contribution in [1.29, 1.82) is 0 Å². The minimum atomic E-state index is -0.496. The Morgan fingerprint density at radius 3 is 3.05 bits per heavy atom. The molecule has 1 aliphatic rings. The Hall–Kier alpha value is -1.66. The zero-order chi connectivity index (χ0) is 15.1. The number of nitrogens with two attached hydrogens (primary N) is 1. The SMILES string of the molecule is Nc1cc(NC(=O)CCOCC2CCCCO2)ccc1F. The number of carbonyl (C=O) groups is 1. The van der Waals surface area contributed by atoms with E-state index in [1.807, 2.05) is 0 Å². The first-order valence-corrected chi connectivity index (χ1v) is 7.19. The normalized spacial score (nSPS) is 18.4. The molecule has 0 aromatic heterocycles. The Labute approximate surface area is 123 Å². The summed E-state index contributed by atoms with van der Waals surface area (Å²) in [6.07, 6.45) is 3.68. The van der Waals surface area contributed by atoms with Crippen LogP contribution in [-0.4, -0.2) is 31.8 Å².